The molecule has 2 aliphatic rings. The smallest absolute Gasteiger partial charge is 0.357 e. The Labute approximate surface area is 181 Å². The summed E-state index contributed by atoms with van der Waals surface area (Å²) in [6, 6.07) is 9.35. The van der Waals surface area contributed by atoms with Crippen molar-refractivity contribution in [3.8, 4) is 11.1 Å². The van der Waals surface area contributed by atoms with Crippen molar-refractivity contribution in [1.29, 1.82) is 0 Å². The minimum absolute atomic E-state index is 0.00869. The first-order valence-corrected chi connectivity index (χ1v) is 11.2. The largest absolute Gasteiger partial charge is 0.431 e. The molecule has 32 heavy (non-hydrogen) atoms. The molecule has 0 unspecified atom stereocenters. The summed E-state index contributed by atoms with van der Waals surface area (Å²) >= 11 is 0. The Hall–Kier alpha value is -3.40. The van der Waals surface area contributed by atoms with E-state index in [4.69, 9.17) is 0 Å². The van der Waals surface area contributed by atoms with Crippen LogP contribution in [0.25, 0.3) is 11.1 Å². The molecule has 1 N–H and O–H groups in total. The van der Waals surface area contributed by atoms with Gasteiger partial charge in [0.1, 0.15) is 11.5 Å². The normalized spacial score (nSPS) is 16.0. The van der Waals surface area contributed by atoms with Crippen LogP contribution in [0.4, 0.5) is 17.6 Å². The second-order valence-corrected chi connectivity index (χ2v) is 9.39. The molecule has 1 amide bonds. The summed E-state index contributed by atoms with van der Waals surface area (Å²) in [6.07, 6.45) is -0.172. The third kappa shape index (κ3) is 4.18. The zero-order chi connectivity index (χ0) is 23.3. The molecule has 0 spiro atoms. The maximum absolute atomic E-state index is 13.4. The molecule has 4 rings (SSSR count). The van der Waals surface area contributed by atoms with Crippen LogP contribution in [0.5, 0.6) is 0 Å². The van der Waals surface area contributed by atoms with E-state index < -0.39 is 33.4 Å². The number of dihydropyridines is 1. The van der Waals surface area contributed by atoms with Gasteiger partial charge in [-0.15, -0.1) is 0 Å². The highest BCUT2D eigenvalue weighted by atomic mass is 32.2. The molecular weight excluding hydrogens is 448 g/mol. The molecule has 2 aliphatic heterocycles. The molecule has 2 aromatic carbocycles. The molecule has 0 bridgehead atoms. The number of sulfone groups is 1. The van der Waals surface area contributed by atoms with Gasteiger partial charge in [-0.2, -0.15) is 13.2 Å². The van der Waals surface area contributed by atoms with Crippen molar-refractivity contribution < 1.29 is 30.8 Å². The number of alkyl halides is 3. The molecule has 0 radical (unpaired) electrons. The van der Waals surface area contributed by atoms with Crippen molar-refractivity contribution in [3.63, 3.8) is 0 Å². The highest BCUT2D eigenvalue weighted by Crippen LogP contribution is 2.34. The molecule has 0 saturated heterocycles. The van der Waals surface area contributed by atoms with Crippen molar-refractivity contribution in [1.82, 2.24) is 10.2 Å². The Bertz CT molecular complexity index is 1310. The van der Waals surface area contributed by atoms with Crippen molar-refractivity contribution in [2.75, 3.05) is 12.8 Å². The molecule has 2 heterocycles. The third-order valence-electron chi connectivity index (χ3n) is 5.08. The van der Waals surface area contributed by atoms with Crippen LogP contribution in [-0.2, 0) is 9.84 Å². The number of allylic oxidation sites excluding steroid dienone is 2. The van der Waals surface area contributed by atoms with Gasteiger partial charge in [0, 0.05) is 24.2 Å². The van der Waals surface area contributed by atoms with Crippen LogP contribution in [0.15, 0.2) is 82.7 Å². The maximum Gasteiger partial charge on any atom is 0.431 e. The quantitative estimate of drug-likeness (QED) is 0.693. The Balaban J connectivity index is 1.77. The maximum atomic E-state index is 13.4. The lowest BCUT2D eigenvalue weighted by Crippen LogP contribution is -2.27. The van der Waals surface area contributed by atoms with Gasteiger partial charge in [-0.05, 0) is 52.6 Å². The molecule has 0 atom stereocenters. The van der Waals surface area contributed by atoms with Crippen molar-refractivity contribution >= 4 is 15.7 Å². The number of nitrogens with one attached hydrogen (secondary N) is 1. The monoisotopic (exact) mass is 464 g/mol. The summed E-state index contributed by atoms with van der Waals surface area (Å²) in [5, 5.41) is 2.18. The fourth-order valence-electron chi connectivity index (χ4n) is 3.45. The number of fused-ring (bicyclic) bond motifs is 1. The van der Waals surface area contributed by atoms with E-state index in [1.54, 1.807) is 0 Å². The van der Waals surface area contributed by atoms with Gasteiger partial charge < -0.3 is 10.2 Å². The lowest BCUT2D eigenvalue weighted by molar-refractivity contribution is -0.0956. The van der Waals surface area contributed by atoms with Gasteiger partial charge in [0.25, 0.3) is 5.91 Å². The molecule has 0 fully saturated rings. The Morgan fingerprint density at radius 1 is 1.09 bits per heavy atom. The number of carbonyl (C=O) groups is 1. The molecule has 166 valence electrons. The molecule has 10 heteroatoms. The molecule has 0 saturated carbocycles. The molecular formula is C22H16F4N2O3S. The fourth-order valence-corrected chi connectivity index (χ4v) is 4.10. The predicted octanol–water partition coefficient (Wildman–Crippen LogP) is 4.17. The van der Waals surface area contributed by atoms with Gasteiger partial charge in [-0.25, -0.2) is 12.8 Å². The topological polar surface area (TPSA) is 66.5 Å². The summed E-state index contributed by atoms with van der Waals surface area (Å²) < 4.78 is 76.4. The van der Waals surface area contributed by atoms with Crippen LogP contribution in [-0.4, -0.2) is 38.2 Å². The average molecular weight is 464 g/mol. The first-order valence-electron chi connectivity index (χ1n) is 9.31. The van der Waals surface area contributed by atoms with Gasteiger partial charge in [0.15, 0.2) is 9.84 Å². The molecule has 2 aromatic rings. The Morgan fingerprint density at radius 3 is 2.41 bits per heavy atom. The summed E-state index contributed by atoms with van der Waals surface area (Å²) in [4.78, 5) is 14.5. The average Bonchev–Trinajstić information content (AvgIpc) is 3.15. The summed E-state index contributed by atoms with van der Waals surface area (Å²) in [6.45, 7) is 0.00869. The number of carbonyl (C=O) groups excluding carboxylic acids is 1. The molecule has 5 nitrogen and oxygen atoms in total. The van der Waals surface area contributed by atoms with Crippen molar-refractivity contribution in [2.24, 2.45) is 0 Å². The second-order valence-electron chi connectivity index (χ2n) is 7.37. The lowest BCUT2D eigenvalue weighted by atomic mass is 9.99. The van der Waals surface area contributed by atoms with Crippen LogP contribution < -0.4 is 5.32 Å². The second kappa shape index (κ2) is 7.63. The van der Waals surface area contributed by atoms with E-state index in [0.29, 0.717) is 16.7 Å². The van der Waals surface area contributed by atoms with Crippen LogP contribution in [0, 0.1) is 5.82 Å². The van der Waals surface area contributed by atoms with E-state index >= 15 is 0 Å². The van der Waals surface area contributed by atoms with E-state index in [9.17, 15) is 30.8 Å². The summed E-state index contributed by atoms with van der Waals surface area (Å²) in [5.74, 6) is -1.07. The van der Waals surface area contributed by atoms with E-state index in [0.717, 1.165) is 12.3 Å². The number of amides is 1. The highest BCUT2D eigenvalue weighted by molar-refractivity contribution is 7.90. The first-order chi connectivity index (χ1) is 14.9. The van der Waals surface area contributed by atoms with Gasteiger partial charge in [0.2, 0.25) is 0 Å². The van der Waals surface area contributed by atoms with Gasteiger partial charge >= 0.3 is 6.18 Å². The van der Waals surface area contributed by atoms with Crippen LogP contribution >= 0.6 is 0 Å². The zero-order valence-electron chi connectivity index (χ0n) is 16.6. The number of hydrogen-bond acceptors (Lipinski definition) is 4. The number of benzene rings is 2. The van der Waals surface area contributed by atoms with Gasteiger partial charge in [0.05, 0.1) is 11.4 Å². The first kappa shape index (κ1) is 21.8. The predicted molar refractivity (Wildman–Crippen MR) is 109 cm³/mol. The number of halogens is 4. The summed E-state index contributed by atoms with van der Waals surface area (Å²) in [5.41, 5.74) is 0.644. The van der Waals surface area contributed by atoms with Crippen molar-refractivity contribution in [3.05, 3.63) is 89.2 Å². The minimum atomic E-state index is -4.57. The van der Waals surface area contributed by atoms with E-state index in [-0.39, 0.29) is 22.6 Å². The summed E-state index contributed by atoms with van der Waals surface area (Å²) in [7, 11) is -3.63. The number of hydrogen-bond donors (Lipinski definition) is 1. The molecule has 0 aromatic heterocycles. The minimum Gasteiger partial charge on any atom is -0.357 e. The lowest BCUT2D eigenvalue weighted by Gasteiger charge is -2.18. The Morgan fingerprint density at radius 2 is 1.78 bits per heavy atom. The zero-order valence-corrected chi connectivity index (χ0v) is 17.4. The van der Waals surface area contributed by atoms with Crippen LogP contribution in [0.3, 0.4) is 0 Å². The van der Waals surface area contributed by atoms with Crippen LogP contribution in [0.1, 0.15) is 10.4 Å². The van der Waals surface area contributed by atoms with E-state index in [2.05, 4.69) is 5.32 Å². The van der Waals surface area contributed by atoms with E-state index in [1.807, 2.05) is 0 Å². The van der Waals surface area contributed by atoms with Crippen molar-refractivity contribution in [2.45, 2.75) is 11.1 Å². The van der Waals surface area contributed by atoms with Crippen LogP contribution in [0.2, 0.25) is 0 Å². The van der Waals surface area contributed by atoms with Gasteiger partial charge in [-0.3, -0.25) is 4.79 Å². The van der Waals surface area contributed by atoms with E-state index in [1.165, 1.54) is 59.8 Å². The highest BCUT2D eigenvalue weighted by Gasteiger charge is 2.37. The van der Waals surface area contributed by atoms with Gasteiger partial charge in [-0.1, -0.05) is 18.2 Å². The number of nitrogens with zero attached hydrogens (tertiary/aromatic N) is 1. The Kier molecular flexibility index (Phi) is 5.20. The number of rotatable bonds is 3. The SMILES string of the molecule is CS(=O)(=O)c1ccc(-c2ccc(F)cc2)c(C(=O)N2C=C3C=C(C(F)(F)F)NC=C3C2)c1. The third-order valence-corrected chi connectivity index (χ3v) is 6.19. The molecule has 0 aliphatic carbocycles. The standard InChI is InChI=1S/C22H16F4N2O3S/c1-32(30,31)17-6-7-18(13-2-4-16(23)5-3-13)19(9-17)21(29)28-11-14-8-20(22(24,25)26)27-10-15(14)12-28/h2-11,27H,12H2,1H3. The fraction of sp³-hybridized carbons (Fsp3) is 0.136.